The van der Waals surface area contributed by atoms with E-state index in [1.54, 1.807) is 24.3 Å². The Bertz CT molecular complexity index is 632. The molecule has 4 nitrogen and oxygen atoms in total. The van der Waals surface area contributed by atoms with E-state index in [-0.39, 0.29) is 5.97 Å². The van der Waals surface area contributed by atoms with E-state index in [2.05, 4.69) is 5.32 Å². The van der Waals surface area contributed by atoms with Gasteiger partial charge in [-0.2, -0.15) is 0 Å². The predicted molar refractivity (Wildman–Crippen MR) is 86.5 cm³/mol. The van der Waals surface area contributed by atoms with Crippen molar-refractivity contribution in [2.45, 2.75) is 18.4 Å². The van der Waals surface area contributed by atoms with Crippen molar-refractivity contribution in [2.75, 3.05) is 18.8 Å². The summed E-state index contributed by atoms with van der Waals surface area (Å²) in [5.74, 6) is -0.300. The zero-order valence-corrected chi connectivity index (χ0v) is 12.4. The lowest BCUT2D eigenvalue weighted by Crippen LogP contribution is -2.43. The largest absolute Gasteiger partial charge is 0.450 e. The van der Waals surface area contributed by atoms with Crippen LogP contribution in [0.25, 0.3) is 0 Å². The molecule has 2 aromatic rings. The lowest BCUT2D eigenvalue weighted by atomic mass is 9.84. The van der Waals surface area contributed by atoms with Crippen LogP contribution >= 0.6 is 0 Å². The summed E-state index contributed by atoms with van der Waals surface area (Å²) in [5, 5.41) is 3.32. The molecule has 0 spiro atoms. The first-order valence-electron chi connectivity index (χ1n) is 7.55. The second-order valence-corrected chi connectivity index (χ2v) is 5.62. The number of nitrogen functional groups attached to an aromatic ring is 1. The van der Waals surface area contributed by atoms with Crippen LogP contribution in [0.4, 0.5) is 5.69 Å². The van der Waals surface area contributed by atoms with Gasteiger partial charge in [-0.15, -0.1) is 0 Å². The smallest absolute Gasteiger partial charge is 0.339 e. The molecule has 1 heterocycles. The monoisotopic (exact) mass is 296 g/mol. The number of carbonyl (C=O) groups excluding carboxylic acids is 1. The van der Waals surface area contributed by atoms with Crippen molar-refractivity contribution in [3.05, 3.63) is 65.7 Å². The maximum atomic E-state index is 12.5. The maximum Gasteiger partial charge on any atom is 0.339 e. The SMILES string of the molecule is Nc1ccc(C(=O)OC2(c3ccccc3)CCNCC2)cc1. The third kappa shape index (κ3) is 2.97. The van der Waals surface area contributed by atoms with Gasteiger partial charge < -0.3 is 15.8 Å². The molecular formula is C18H20N2O2. The lowest BCUT2D eigenvalue weighted by molar-refractivity contribution is -0.0378. The van der Waals surface area contributed by atoms with E-state index in [4.69, 9.17) is 10.5 Å². The highest BCUT2D eigenvalue weighted by Gasteiger charge is 2.37. The van der Waals surface area contributed by atoms with Crippen LogP contribution in [0.5, 0.6) is 0 Å². The highest BCUT2D eigenvalue weighted by atomic mass is 16.6. The molecule has 22 heavy (non-hydrogen) atoms. The molecule has 1 aliphatic heterocycles. The van der Waals surface area contributed by atoms with E-state index in [0.717, 1.165) is 31.5 Å². The molecule has 0 amide bonds. The number of rotatable bonds is 3. The average Bonchev–Trinajstić information content (AvgIpc) is 2.57. The molecule has 1 saturated heterocycles. The summed E-state index contributed by atoms with van der Waals surface area (Å²) in [5.41, 5.74) is 7.34. The van der Waals surface area contributed by atoms with Crippen molar-refractivity contribution in [3.63, 3.8) is 0 Å². The van der Waals surface area contributed by atoms with Crippen molar-refractivity contribution in [1.29, 1.82) is 0 Å². The fourth-order valence-electron chi connectivity index (χ4n) is 2.88. The fraction of sp³-hybridized carbons (Fsp3) is 0.278. The summed E-state index contributed by atoms with van der Waals surface area (Å²) in [4.78, 5) is 12.5. The highest BCUT2D eigenvalue weighted by molar-refractivity contribution is 5.90. The van der Waals surface area contributed by atoms with Crippen LogP contribution in [0, 0.1) is 0 Å². The van der Waals surface area contributed by atoms with Crippen LogP contribution in [-0.2, 0) is 10.3 Å². The first-order valence-corrected chi connectivity index (χ1v) is 7.55. The number of esters is 1. The molecule has 0 aliphatic carbocycles. The Balaban J connectivity index is 1.87. The molecule has 0 bridgehead atoms. The first-order chi connectivity index (χ1) is 10.7. The Labute approximate surface area is 130 Å². The average molecular weight is 296 g/mol. The molecule has 0 unspecified atom stereocenters. The van der Waals surface area contributed by atoms with Gasteiger partial charge in [0, 0.05) is 18.5 Å². The maximum absolute atomic E-state index is 12.5. The lowest BCUT2D eigenvalue weighted by Gasteiger charge is -2.37. The third-order valence-corrected chi connectivity index (χ3v) is 4.15. The molecule has 0 atom stereocenters. The number of nitrogens with two attached hydrogens (primary N) is 1. The molecule has 4 heteroatoms. The van der Waals surface area contributed by atoms with Gasteiger partial charge in [0.15, 0.2) is 0 Å². The van der Waals surface area contributed by atoms with E-state index in [1.165, 1.54) is 0 Å². The number of benzene rings is 2. The van der Waals surface area contributed by atoms with Crippen molar-refractivity contribution in [3.8, 4) is 0 Å². The van der Waals surface area contributed by atoms with Gasteiger partial charge in [0.05, 0.1) is 5.56 Å². The normalized spacial score (nSPS) is 16.9. The molecule has 0 saturated carbocycles. The number of ether oxygens (including phenoxy) is 1. The van der Waals surface area contributed by atoms with Gasteiger partial charge in [-0.25, -0.2) is 4.79 Å². The van der Waals surface area contributed by atoms with E-state index in [9.17, 15) is 4.79 Å². The third-order valence-electron chi connectivity index (χ3n) is 4.15. The van der Waals surface area contributed by atoms with Crippen LogP contribution in [-0.4, -0.2) is 19.1 Å². The van der Waals surface area contributed by atoms with Crippen molar-refractivity contribution in [2.24, 2.45) is 0 Å². The summed E-state index contributed by atoms with van der Waals surface area (Å²) >= 11 is 0. The predicted octanol–water partition coefficient (Wildman–Crippen LogP) is 2.70. The van der Waals surface area contributed by atoms with Crippen LogP contribution in [0.1, 0.15) is 28.8 Å². The van der Waals surface area contributed by atoms with Crippen LogP contribution in [0.2, 0.25) is 0 Å². The van der Waals surface area contributed by atoms with Gasteiger partial charge in [-0.3, -0.25) is 0 Å². The van der Waals surface area contributed by atoms with Gasteiger partial charge in [0.2, 0.25) is 0 Å². The van der Waals surface area contributed by atoms with E-state index in [0.29, 0.717) is 11.3 Å². The molecule has 1 fully saturated rings. The Morgan fingerprint density at radius 3 is 2.27 bits per heavy atom. The molecule has 1 aliphatic rings. The topological polar surface area (TPSA) is 64.4 Å². The highest BCUT2D eigenvalue weighted by Crippen LogP contribution is 2.35. The van der Waals surface area contributed by atoms with Crippen LogP contribution < -0.4 is 11.1 Å². The fourth-order valence-corrected chi connectivity index (χ4v) is 2.88. The first kappa shape index (κ1) is 14.6. The summed E-state index contributed by atoms with van der Waals surface area (Å²) in [6.07, 6.45) is 1.55. The molecule has 3 rings (SSSR count). The van der Waals surface area contributed by atoms with Gasteiger partial charge in [0.1, 0.15) is 5.60 Å². The molecule has 114 valence electrons. The number of piperidine rings is 1. The summed E-state index contributed by atoms with van der Waals surface area (Å²) in [7, 11) is 0. The molecule has 3 N–H and O–H groups in total. The van der Waals surface area contributed by atoms with E-state index < -0.39 is 5.60 Å². The minimum absolute atomic E-state index is 0.300. The quantitative estimate of drug-likeness (QED) is 0.675. The van der Waals surface area contributed by atoms with Crippen molar-refractivity contribution < 1.29 is 9.53 Å². The number of nitrogens with one attached hydrogen (secondary N) is 1. The second-order valence-electron chi connectivity index (χ2n) is 5.62. The van der Waals surface area contributed by atoms with Gasteiger partial charge in [-0.05, 0) is 42.9 Å². The summed E-state index contributed by atoms with van der Waals surface area (Å²) < 4.78 is 5.97. The number of carbonyl (C=O) groups is 1. The minimum atomic E-state index is -0.551. The summed E-state index contributed by atoms with van der Waals surface area (Å²) in [6.45, 7) is 1.67. The van der Waals surface area contributed by atoms with E-state index in [1.807, 2.05) is 30.3 Å². The van der Waals surface area contributed by atoms with E-state index >= 15 is 0 Å². The number of hydrogen-bond acceptors (Lipinski definition) is 4. The molecule has 2 aromatic carbocycles. The number of anilines is 1. The Kier molecular flexibility index (Phi) is 4.11. The van der Waals surface area contributed by atoms with Gasteiger partial charge in [0.25, 0.3) is 0 Å². The van der Waals surface area contributed by atoms with Crippen molar-refractivity contribution in [1.82, 2.24) is 5.32 Å². The molecule has 0 radical (unpaired) electrons. The zero-order valence-electron chi connectivity index (χ0n) is 12.4. The van der Waals surface area contributed by atoms with Gasteiger partial charge in [-0.1, -0.05) is 30.3 Å². The summed E-state index contributed by atoms with van der Waals surface area (Å²) in [6, 6.07) is 16.8. The standard InChI is InChI=1S/C18H20N2O2/c19-16-8-6-14(7-9-16)17(21)22-18(10-12-20-13-11-18)15-4-2-1-3-5-15/h1-9,20H,10-13,19H2. The Morgan fingerprint density at radius 2 is 1.64 bits per heavy atom. The van der Waals surface area contributed by atoms with Crippen LogP contribution in [0.15, 0.2) is 54.6 Å². The van der Waals surface area contributed by atoms with Gasteiger partial charge >= 0.3 is 5.97 Å². The zero-order chi connectivity index (χ0) is 15.4. The minimum Gasteiger partial charge on any atom is -0.450 e. The molecular weight excluding hydrogens is 276 g/mol. The second kappa shape index (κ2) is 6.20. The Morgan fingerprint density at radius 1 is 1.00 bits per heavy atom. The van der Waals surface area contributed by atoms with Crippen molar-refractivity contribution >= 4 is 11.7 Å². The van der Waals surface area contributed by atoms with Crippen LogP contribution in [0.3, 0.4) is 0 Å². The number of hydrogen-bond donors (Lipinski definition) is 2. The Hall–Kier alpha value is -2.33. The molecule has 0 aromatic heterocycles.